The fourth-order valence-electron chi connectivity index (χ4n) is 1.35. The molecule has 3 nitrogen and oxygen atoms in total. The third kappa shape index (κ3) is 1.60. The molecule has 1 N–H and O–H groups in total. The van der Waals surface area contributed by atoms with Crippen molar-refractivity contribution in [2.24, 2.45) is 5.41 Å². The Balaban J connectivity index is 2.20. The first-order valence-electron chi connectivity index (χ1n) is 4.68. The highest BCUT2D eigenvalue weighted by Crippen LogP contribution is 2.54. The minimum Gasteiger partial charge on any atom is -0.385 e. The standard InChI is InChI=1S/C10H13NO2S/c1-6(12)7-5-11-9(14-7)8(13)10(2)3-4-10/h5,8,13H,3-4H2,1-2H3. The van der Waals surface area contributed by atoms with E-state index >= 15 is 0 Å². The van der Waals surface area contributed by atoms with E-state index in [9.17, 15) is 9.90 Å². The molecule has 1 aliphatic carbocycles. The molecular weight excluding hydrogens is 198 g/mol. The Hall–Kier alpha value is -0.740. The Morgan fingerprint density at radius 3 is 2.79 bits per heavy atom. The van der Waals surface area contributed by atoms with Gasteiger partial charge in [0.05, 0.1) is 4.88 Å². The van der Waals surface area contributed by atoms with Crippen molar-refractivity contribution in [3.05, 3.63) is 16.1 Å². The molecule has 0 saturated heterocycles. The van der Waals surface area contributed by atoms with Crippen LogP contribution in [-0.2, 0) is 0 Å². The van der Waals surface area contributed by atoms with Crippen molar-refractivity contribution >= 4 is 17.1 Å². The van der Waals surface area contributed by atoms with E-state index in [-0.39, 0.29) is 11.2 Å². The van der Waals surface area contributed by atoms with Crippen molar-refractivity contribution < 1.29 is 9.90 Å². The average molecular weight is 211 g/mol. The van der Waals surface area contributed by atoms with E-state index in [2.05, 4.69) is 4.98 Å². The average Bonchev–Trinajstić information content (AvgIpc) is 2.69. The van der Waals surface area contributed by atoms with Crippen LogP contribution < -0.4 is 0 Å². The fraction of sp³-hybridized carbons (Fsp3) is 0.600. The van der Waals surface area contributed by atoms with Gasteiger partial charge in [0.25, 0.3) is 0 Å². The number of hydrogen-bond acceptors (Lipinski definition) is 4. The van der Waals surface area contributed by atoms with Crippen molar-refractivity contribution in [3.8, 4) is 0 Å². The smallest absolute Gasteiger partial charge is 0.171 e. The highest BCUT2D eigenvalue weighted by Gasteiger charge is 2.46. The van der Waals surface area contributed by atoms with Crippen molar-refractivity contribution in [1.82, 2.24) is 4.98 Å². The highest BCUT2D eigenvalue weighted by atomic mass is 32.1. The van der Waals surface area contributed by atoms with Gasteiger partial charge in [0.15, 0.2) is 5.78 Å². The minimum absolute atomic E-state index is 0.00587. The first-order chi connectivity index (χ1) is 6.53. The van der Waals surface area contributed by atoms with Crippen LogP contribution in [-0.4, -0.2) is 15.9 Å². The number of nitrogens with zero attached hydrogens (tertiary/aromatic N) is 1. The molecule has 1 atom stereocenters. The van der Waals surface area contributed by atoms with Gasteiger partial charge < -0.3 is 5.11 Å². The highest BCUT2D eigenvalue weighted by molar-refractivity contribution is 7.13. The van der Waals surface area contributed by atoms with Gasteiger partial charge in [0.1, 0.15) is 11.1 Å². The van der Waals surface area contributed by atoms with Crippen molar-refractivity contribution in [2.45, 2.75) is 32.8 Å². The maximum absolute atomic E-state index is 11.0. The van der Waals surface area contributed by atoms with Gasteiger partial charge in [0, 0.05) is 18.5 Å². The quantitative estimate of drug-likeness (QED) is 0.779. The van der Waals surface area contributed by atoms with Crippen LogP contribution in [0.25, 0.3) is 0 Å². The number of aromatic nitrogens is 1. The number of hydrogen-bond donors (Lipinski definition) is 1. The number of carbonyl (C=O) groups is 1. The molecule has 1 fully saturated rings. The molecule has 4 heteroatoms. The van der Waals surface area contributed by atoms with E-state index in [0.717, 1.165) is 12.8 Å². The van der Waals surface area contributed by atoms with Crippen molar-refractivity contribution in [3.63, 3.8) is 0 Å². The van der Waals surface area contributed by atoms with Crippen LogP contribution in [0.2, 0.25) is 0 Å². The third-order valence-electron chi connectivity index (χ3n) is 2.80. The molecule has 0 aromatic carbocycles. The minimum atomic E-state index is -0.499. The summed E-state index contributed by atoms with van der Waals surface area (Å²) in [6.45, 7) is 3.56. The topological polar surface area (TPSA) is 50.2 Å². The second-order valence-corrected chi connectivity index (χ2v) is 5.24. The summed E-state index contributed by atoms with van der Waals surface area (Å²) in [5.74, 6) is 0.0156. The Labute approximate surface area is 86.8 Å². The lowest BCUT2D eigenvalue weighted by Crippen LogP contribution is -2.08. The Morgan fingerprint density at radius 2 is 2.36 bits per heavy atom. The summed E-state index contributed by atoms with van der Waals surface area (Å²) in [6.07, 6.45) is 3.14. The summed E-state index contributed by atoms with van der Waals surface area (Å²) in [5.41, 5.74) is 0.00587. The molecule has 0 bridgehead atoms. The molecule has 1 heterocycles. The van der Waals surface area contributed by atoms with E-state index in [4.69, 9.17) is 0 Å². The van der Waals surface area contributed by atoms with Crippen LogP contribution in [0.5, 0.6) is 0 Å². The summed E-state index contributed by atoms with van der Waals surface area (Å²) in [6, 6.07) is 0. The molecule has 1 unspecified atom stereocenters. The van der Waals surface area contributed by atoms with Gasteiger partial charge in [-0.1, -0.05) is 6.92 Å². The molecule has 1 aliphatic rings. The van der Waals surface area contributed by atoms with Gasteiger partial charge in [-0.15, -0.1) is 11.3 Å². The zero-order valence-electron chi connectivity index (χ0n) is 8.28. The van der Waals surface area contributed by atoms with Crippen LogP contribution in [0, 0.1) is 5.41 Å². The number of aliphatic hydroxyl groups excluding tert-OH is 1. The summed E-state index contributed by atoms with van der Waals surface area (Å²) < 4.78 is 0. The molecule has 76 valence electrons. The van der Waals surface area contributed by atoms with E-state index in [0.29, 0.717) is 9.88 Å². The van der Waals surface area contributed by atoms with Gasteiger partial charge in [-0.25, -0.2) is 4.98 Å². The normalized spacial score (nSPS) is 20.5. The van der Waals surface area contributed by atoms with E-state index < -0.39 is 6.10 Å². The molecule has 1 aromatic rings. The zero-order chi connectivity index (χ0) is 10.3. The number of rotatable bonds is 3. The number of aliphatic hydroxyl groups is 1. The molecule has 14 heavy (non-hydrogen) atoms. The molecular formula is C10H13NO2S. The lowest BCUT2D eigenvalue weighted by molar-refractivity contribution is 0.102. The van der Waals surface area contributed by atoms with Crippen molar-refractivity contribution in [1.29, 1.82) is 0 Å². The molecule has 0 aliphatic heterocycles. The molecule has 1 aromatic heterocycles. The first kappa shape index (κ1) is 9.80. The van der Waals surface area contributed by atoms with Gasteiger partial charge in [0.2, 0.25) is 0 Å². The number of Topliss-reactive ketones (excluding diaryl/α,β-unsaturated/α-hetero) is 1. The zero-order valence-corrected chi connectivity index (χ0v) is 9.10. The van der Waals surface area contributed by atoms with E-state index in [1.165, 1.54) is 18.3 Å². The number of ketones is 1. The number of thiazole rings is 1. The second-order valence-electron chi connectivity index (χ2n) is 4.18. The summed E-state index contributed by atoms with van der Waals surface area (Å²) >= 11 is 1.31. The van der Waals surface area contributed by atoms with Gasteiger partial charge in [-0.05, 0) is 12.8 Å². The van der Waals surface area contributed by atoms with Crippen LogP contribution in [0.1, 0.15) is 47.5 Å². The molecule has 0 radical (unpaired) electrons. The van der Waals surface area contributed by atoms with Crippen LogP contribution >= 0.6 is 11.3 Å². The molecule has 2 rings (SSSR count). The van der Waals surface area contributed by atoms with Crippen LogP contribution in [0.4, 0.5) is 0 Å². The van der Waals surface area contributed by atoms with Gasteiger partial charge >= 0.3 is 0 Å². The Morgan fingerprint density at radius 1 is 1.71 bits per heavy atom. The Bertz CT molecular complexity index is 368. The fourth-order valence-corrected chi connectivity index (χ4v) is 2.32. The second kappa shape index (κ2) is 3.14. The molecule has 1 saturated carbocycles. The SMILES string of the molecule is CC(=O)c1cnc(C(O)C2(C)CC2)s1. The summed E-state index contributed by atoms with van der Waals surface area (Å²) in [5, 5.41) is 10.6. The molecule has 0 amide bonds. The predicted octanol–water partition coefficient (Wildman–Crippen LogP) is 2.18. The monoisotopic (exact) mass is 211 g/mol. The van der Waals surface area contributed by atoms with Gasteiger partial charge in [-0.2, -0.15) is 0 Å². The van der Waals surface area contributed by atoms with Gasteiger partial charge in [-0.3, -0.25) is 4.79 Å². The van der Waals surface area contributed by atoms with Crippen LogP contribution in [0.3, 0.4) is 0 Å². The third-order valence-corrected chi connectivity index (χ3v) is 3.95. The van der Waals surface area contributed by atoms with Crippen LogP contribution in [0.15, 0.2) is 6.20 Å². The Kier molecular flexibility index (Phi) is 2.20. The maximum Gasteiger partial charge on any atom is 0.171 e. The summed E-state index contributed by atoms with van der Waals surface area (Å²) in [4.78, 5) is 15.8. The lowest BCUT2D eigenvalue weighted by Gasteiger charge is -2.13. The summed E-state index contributed by atoms with van der Waals surface area (Å²) in [7, 11) is 0. The van der Waals surface area contributed by atoms with E-state index in [1.807, 2.05) is 6.92 Å². The largest absolute Gasteiger partial charge is 0.385 e. The van der Waals surface area contributed by atoms with E-state index in [1.54, 1.807) is 6.20 Å². The maximum atomic E-state index is 11.0. The lowest BCUT2D eigenvalue weighted by atomic mass is 10.0. The number of carbonyl (C=O) groups excluding carboxylic acids is 1. The molecule has 0 spiro atoms. The predicted molar refractivity (Wildman–Crippen MR) is 54.4 cm³/mol. The van der Waals surface area contributed by atoms with Crippen molar-refractivity contribution in [2.75, 3.05) is 0 Å². The first-order valence-corrected chi connectivity index (χ1v) is 5.49.